The summed E-state index contributed by atoms with van der Waals surface area (Å²) in [7, 11) is 1.68. The van der Waals surface area contributed by atoms with Crippen molar-refractivity contribution in [2.45, 2.75) is 4.90 Å². The molecule has 3 rings (SSSR count). The average molecular weight is 255 g/mol. The molecule has 2 aromatic carbocycles. The van der Waals surface area contributed by atoms with Gasteiger partial charge in [0.1, 0.15) is 5.75 Å². The van der Waals surface area contributed by atoms with Gasteiger partial charge >= 0.3 is 0 Å². The Morgan fingerprint density at radius 3 is 2.61 bits per heavy atom. The Balaban J connectivity index is 1.96. The Hall–Kier alpha value is -1.74. The van der Waals surface area contributed by atoms with Crippen molar-refractivity contribution in [2.24, 2.45) is 4.99 Å². The summed E-state index contributed by atoms with van der Waals surface area (Å²) in [5.41, 5.74) is 3.36. The normalized spacial score (nSPS) is 13.7. The van der Waals surface area contributed by atoms with Crippen molar-refractivity contribution in [3.63, 3.8) is 0 Å². The molecule has 0 bridgehead atoms. The Bertz CT molecular complexity index is 590. The molecule has 0 fully saturated rings. The topological polar surface area (TPSA) is 21.6 Å². The van der Waals surface area contributed by atoms with E-state index < -0.39 is 0 Å². The van der Waals surface area contributed by atoms with Gasteiger partial charge in [-0.1, -0.05) is 12.1 Å². The number of hydrogen-bond donors (Lipinski definition) is 0. The van der Waals surface area contributed by atoms with Gasteiger partial charge in [-0.15, -0.1) is 11.8 Å². The number of nitrogens with zero attached hydrogens (tertiary/aromatic N) is 1. The molecular formula is C15H13NOS. The van der Waals surface area contributed by atoms with Crippen LogP contribution in [0.4, 0.5) is 5.69 Å². The molecule has 0 spiro atoms. The van der Waals surface area contributed by atoms with Crippen molar-refractivity contribution in [1.29, 1.82) is 0 Å². The second kappa shape index (κ2) is 4.86. The summed E-state index contributed by atoms with van der Waals surface area (Å²) in [5.74, 6) is 1.80. The van der Waals surface area contributed by atoms with E-state index in [-0.39, 0.29) is 0 Å². The fourth-order valence-corrected chi connectivity index (χ4v) is 2.89. The molecular weight excluding hydrogens is 242 g/mol. The second-order valence-electron chi connectivity index (χ2n) is 4.04. The summed E-state index contributed by atoms with van der Waals surface area (Å²) in [5, 5.41) is 0. The molecule has 1 aliphatic heterocycles. The van der Waals surface area contributed by atoms with Crippen LogP contribution in [-0.4, -0.2) is 18.6 Å². The number of methoxy groups -OCH3 is 1. The minimum Gasteiger partial charge on any atom is -0.497 e. The molecule has 0 unspecified atom stereocenters. The van der Waals surface area contributed by atoms with Gasteiger partial charge in [0.25, 0.3) is 0 Å². The van der Waals surface area contributed by atoms with E-state index in [1.165, 1.54) is 4.90 Å². The lowest BCUT2D eigenvalue weighted by molar-refractivity contribution is 0.415. The first-order valence-electron chi connectivity index (χ1n) is 5.80. The first-order valence-corrected chi connectivity index (χ1v) is 6.79. The highest BCUT2D eigenvalue weighted by molar-refractivity contribution is 8.00. The van der Waals surface area contributed by atoms with E-state index in [0.717, 1.165) is 28.5 Å². The minimum atomic E-state index is 0.878. The number of thioether (sulfide) groups is 1. The van der Waals surface area contributed by atoms with Gasteiger partial charge in [-0.25, -0.2) is 0 Å². The first kappa shape index (κ1) is 11.4. The largest absolute Gasteiger partial charge is 0.497 e. The molecule has 1 aliphatic rings. The predicted octanol–water partition coefficient (Wildman–Crippen LogP) is 3.92. The molecule has 0 atom stereocenters. The van der Waals surface area contributed by atoms with Crippen molar-refractivity contribution in [2.75, 3.05) is 12.9 Å². The Morgan fingerprint density at radius 1 is 1.06 bits per heavy atom. The van der Waals surface area contributed by atoms with Gasteiger partial charge in [-0.05, 0) is 42.0 Å². The van der Waals surface area contributed by atoms with Gasteiger partial charge < -0.3 is 4.74 Å². The summed E-state index contributed by atoms with van der Waals surface area (Å²) in [6.07, 6.45) is 0. The van der Waals surface area contributed by atoms with E-state index in [0.29, 0.717) is 0 Å². The molecule has 0 saturated heterocycles. The SMILES string of the molecule is COc1ccc(C2=Nc3ccccc3SC2)cc1. The Labute approximate surface area is 111 Å². The fourth-order valence-electron chi connectivity index (χ4n) is 1.93. The number of benzene rings is 2. The van der Waals surface area contributed by atoms with Crippen molar-refractivity contribution in [3.8, 4) is 5.75 Å². The molecule has 0 radical (unpaired) electrons. The molecule has 0 saturated carbocycles. The maximum Gasteiger partial charge on any atom is 0.118 e. The minimum absolute atomic E-state index is 0.878. The summed E-state index contributed by atoms with van der Waals surface area (Å²) >= 11 is 1.84. The van der Waals surface area contributed by atoms with Crippen LogP contribution in [0.5, 0.6) is 5.75 Å². The van der Waals surface area contributed by atoms with Crippen molar-refractivity contribution >= 4 is 23.2 Å². The molecule has 0 N–H and O–H groups in total. The lowest BCUT2D eigenvalue weighted by Crippen LogP contribution is -2.07. The molecule has 2 nitrogen and oxygen atoms in total. The lowest BCUT2D eigenvalue weighted by atomic mass is 10.1. The summed E-state index contributed by atoms with van der Waals surface area (Å²) in [6, 6.07) is 16.3. The molecule has 2 aromatic rings. The fraction of sp³-hybridized carbons (Fsp3) is 0.133. The summed E-state index contributed by atoms with van der Waals surface area (Å²) < 4.78 is 5.17. The van der Waals surface area contributed by atoms with Crippen molar-refractivity contribution < 1.29 is 4.74 Å². The molecule has 3 heteroatoms. The number of hydrogen-bond acceptors (Lipinski definition) is 3. The lowest BCUT2D eigenvalue weighted by Gasteiger charge is -2.15. The zero-order valence-electron chi connectivity index (χ0n) is 10.1. The highest BCUT2D eigenvalue weighted by atomic mass is 32.2. The molecule has 1 heterocycles. The van der Waals surface area contributed by atoms with E-state index in [2.05, 4.69) is 30.3 Å². The van der Waals surface area contributed by atoms with E-state index in [4.69, 9.17) is 9.73 Å². The van der Waals surface area contributed by atoms with Crippen LogP contribution in [-0.2, 0) is 0 Å². The number of rotatable bonds is 2. The summed E-state index contributed by atoms with van der Waals surface area (Å²) in [6.45, 7) is 0. The van der Waals surface area contributed by atoms with Crippen LogP contribution in [0, 0.1) is 0 Å². The number of fused-ring (bicyclic) bond motifs is 1. The average Bonchev–Trinajstić information content (AvgIpc) is 2.47. The van der Waals surface area contributed by atoms with Gasteiger partial charge in [-0.3, -0.25) is 4.99 Å². The number of aliphatic imine (C=N–C) groups is 1. The molecule has 0 amide bonds. The van der Waals surface area contributed by atoms with Gasteiger partial charge in [0.15, 0.2) is 0 Å². The summed E-state index contributed by atoms with van der Waals surface area (Å²) in [4.78, 5) is 5.99. The third kappa shape index (κ3) is 2.14. The Morgan fingerprint density at radius 2 is 1.83 bits per heavy atom. The monoisotopic (exact) mass is 255 g/mol. The van der Waals surface area contributed by atoms with Crippen LogP contribution in [0.1, 0.15) is 5.56 Å². The van der Waals surface area contributed by atoms with Crippen LogP contribution in [0.25, 0.3) is 0 Å². The van der Waals surface area contributed by atoms with Crippen molar-refractivity contribution in [1.82, 2.24) is 0 Å². The first-order chi connectivity index (χ1) is 8.86. The van der Waals surface area contributed by atoms with E-state index in [1.807, 2.05) is 30.0 Å². The smallest absolute Gasteiger partial charge is 0.118 e. The predicted molar refractivity (Wildman–Crippen MR) is 76.4 cm³/mol. The Kier molecular flexibility index (Phi) is 3.07. The zero-order chi connectivity index (χ0) is 12.4. The van der Waals surface area contributed by atoms with Gasteiger partial charge in [0.2, 0.25) is 0 Å². The van der Waals surface area contributed by atoms with E-state index in [1.54, 1.807) is 7.11 Å². The van der Waals surface area contributed by atoms with Gasteiger partial charge in [0.05, 0.1) is 18.5 Å². The quantitative estimate of drug-likeness (QED) is 0.811. The second-order valence-corrected chi connectivity index (χ2v) is 5.06. The third-order valence-corrected chi connectivity index (χ3v) is 3.98. The number of para-hydroxylation sites is 1. The van der Waals surface area contributed by atoms with Gasteiger partial charge in [0, 0.05) is 10.6 Å². The third-order valence-electron chi connectivity index (χ3n) is 2.91. The van der Waals surface area contributed by atoms with Crippen LogP contribution in [0.2, 0.25) is 0 Å². The van der Waals surface area contributed by atoms with E-state index >= 15 is 0 Å². The van der Waals surface area contributed by atoms with E-state index in [9.17, 15) is 0 Å². The highest BCUT2D eigenvalue weighted by Gasteiger charge is 2.13. The van der Waals surface area contributed by atoms with Crippen LogP contribution >= 0.6 is 11.8 Å². The highest BCUT2D eigenvalue weighted by Crippen LogP contribution is 2.34. The maximum atomic E-state index is 5.17. The number of ether oxygens (including phenoxy) is 1. The van der Waals surface area contributed by atoms with Crippen LogP contribution in [0.15, 0.2) is 58.4 Å². The maximum absolute atomic E-state index is 5.17. The molecule has 90 valence electrons. The standard InChI is InChI=1S/C15H13NOS/c1-17-12-8-6-11(7-9-12)14-10-18-15-5-3-2-4-13(15)16-14/h2-9H,10H2,1H3. The molecule has 0 aromatic heterocycles. The van der Waals surface area contributed by atoms with Crippen LogP contribution < -0.4 is 4.74 Å². The van der Waals surface area contributed by atoms with Crippen LogP contribution in [0.3, 0.4) is 0 Å². The van der Waals surface area contributed by atoms with Crippen molar-refractivity contribution in [3.05, 3.63) is 54.1 Å². The molecule has 18 heavy (non-hydrogen) atoms. The molecule has 0 aliphatic carbocycles. The zero-order valence-corrected chi connectivity index (χ0v) is 10.9. The van der Waals surface area contributed by atoms with Gasteiger partial charge in [-0.2, -0.15) is 0 Å².